The lowest BCUT2D eigenvalue weighted by atomic mass is 9.75. The summed E-state index contributed by atoms with van der Waals surface area (Å²) in [6.45, 7) is 0.888. The van der Waals surface area contributed by atoms with Crippen molar-refractivity contribution in [1.29, 1.82) is 0 Å². The first-order chi connectivity index (χ1) is 13.4. The molecule has 2 atom stereocenters. The number of nitrogens with zero attached hydrogens (tertiary/aromatic N) is 2. The van der Waals surface area contributed by atoms with Crippen molar-refractivity contribution in [2.75, 3.05) is 0 Å². The molecular formula is C22H23F3N2O. The molecule has 148 valence electrons. The predicted molar refractivity (Wildman–Crippen MR) is 99.7 cm³/mol. The summed E-state index contributed by atoms with van der Waals surface area (Å²) < 4.78 is 38.1. The molecule has 3 nitrogen and oxygen atoms in total. The van der Waals surface area contributed by atoms with Gasteiger partial charge in [-0.25, -0.2) is 0 Å². The fourth-order valence-corrected chi connectivity index (χ4v) is 4.69. The number of halogens is 3. The Labute approximate surface area is 162 Å². The Morgan fingerprint density at radius 1 is 1.04 bits per heavy atom. The van der Waals surface area contributed by atoms with E-state index in [0.29, 0.717) is 12.1 Å². The van der Waals surface area contributed by atoms with Gasteiger partial charge in [-0.05, 0) is 43.4 Å². The Morgan fingerprint density at radius 2 is 1.71 bits per heavy atom. The molecule has 2 bridgehead atoms. The van der Waals surface area contributed by atoms with Crippen LogP contribution in [0.1, 0.15) is 53.7 Å². The molecule has 0 radical (unpaired) electrons. The first-order valence-corrected chi connectivity index (χ1v) is 9.79. The highest BCUT2D eigenvalue weighted by Crippen LogP contribution is 2.39. The van der Waals surface area contributed by atoms with Crippen molar-refractivity contribution >= 4 is 5.78 Å². The van der Waals surface area contributed by atoms with Gasteiger partial charge >= 0.3 is 6.18 Å². The van der Waals surface area contributed by atoms with Crippen molar-refractivity contribution in [1.82, 2.24) is 9.88 Å². The van der Waals surface area contributed by atoms with Crippen LogP contribution >= 0.6 is 0 Å². The van der Waals surface area contributed by atoms with Crippen LogP contribution in [0, 0.1) is 5.92 Å². The van der Waals surface area contributed by atoms with Gasteiger partial charge in [0.1, 0.15) is 5.69 Å². The minimum absolute atomic E-state index is 0.0718. The number of hydrogen-bond donors (Lipinski definition) is 0. The zero-order valence-electron chi connectivity index (χ0n) is 15.5. The zero-order valence-corrected chi connectivity index (χ0v) is 15.5. The molecule has 2 unspecified atom stereocenters. The Morgan fingerprint density at radius 3 is 2.29 bits per heavy atom. The summed E-state index contributed by atoms with van der Waals surface area (Å²) in [5.74, 6) is -0.210. The summed E-state index contributed by atoms with van der Waals surface area (Å²) in [7, 11) is 0. The molecule has 0 aliphatic carbocycles. The van der Waals surface area contributed by atoms with E-state index in [4.69, 9.17) is 0 Å². The average Bonchev–Trinajstić information content (AvgIpc) is 2.67. The lowest BCUT2D eigenvalue weighted by Gasteiger charge is -2.48. The van der Waals surface area contributed by atoms with E-state index in [2.05, 4.69) is 22.0 Å². The number of Topliss-reactive ketones (excluding diaryl/α,β-unsaturated/α-hetero) is 1. The minimum atomic E-state index is -4.48. The highest BCUT2D eigenvalue weighted by molar-refractivity contribution is 5.97. The topological polar surface area (TPSA) is 33.2 Å². The average molecular weight is 388 g/mol. The summed E-state index contributed by atoms with van der Waals surface area (Å²) >= 11 is 0. The fraction of sp³-hybridized carbons (Fsp3) is 0.455. The number of hydrogen-bond acceptors (Lipinski definition) is 3. The van der Waals surface area contributed by atoms with E-state index in [1.54, 1.807) is 0 Å². The number of carbonyl (C=O) groups excluding carboxylic acids is 1. The Kier molecular flexibility index (Phi) is 5.23. The highest BCUT2D eigenvalue weighted by Gasteiger charge is 2.41. The second-order valence-corrected chi connectivity index (χ2v) is 7.86. The second kappa shape index (κ2) is 7.66. The molecule has 1 aromatic heterocycles. The normalized spacial score (nSPS) is 25.5. The number of alkyl halides is 3. The molecule has 2 aliphatic rings. The van der Waals surface area contributed by atoms with Crippen molar-refractivity contribution in [2.45, 2.75) is 56.9 Å². The SMILES string of the molecule is O=C(c1ccc(C(F)(F)F)nc1)C1CC2CCCC(C1)N2Cc1ccccc1. The number of rotatable bonds is 4. The minimum Gasteiger partial charge on any atom is -0.294 e. The Hall–Kier alpha value is -2.21. The number of aromatic nitrogens is 1. The maximum absolute atomic E-state index is 12.9. The molecule has 3 heterocycles. The number of carbonyl (C=O) groups is 1. The molecule has 2 saturated heterocycles. The van der Waals surface area contributed by atoms with Crippen molar-refractivity contribution in [3.8, 4) is 0 Å². The molecule has 2 fully saturated rings. The van der Waals surface area contributed by atoms with Gasteiger partial charge in [-0.3, -0.25) is 14.7 Å². The first-order valence-electron chi connectivity index (χ1n) is 9.79. The van der Waals surface area contributed by atoms with Gasteiger partial charge < -0.3 is 0 Å². The molecule has 2 aromatic rings. The molecular weight excluding hydrogens is 365 g/mol. The lowest BCUT2D eigenvalue weighted by Crippen LogP contribution is -2.52. The molecule has 2 aliphatic heterocycles. The van der Waals surface area contributed by atoms with Crippen LogP contribution < -0.4 is 0 Å². The van der Waals surface area contributed by atoms with Crippen LogP contribution in [0.5, 0.6) is 0 Å². The summed E-state index contributed by atoms with van der Waals surface area (Å²) in [4.78, 5) is 18.9. The standard InChI is InChI=1S/C22H23F3N2O/c23-22(24,25)20-10-9-16(13-26-20)21(28)17-11-18-7-4-8-19(12-17)27(18)14-15-5-2-1-3-6-15/h1-3,5-6,9-10,13,17-19H,4,7-8,11-12,14H2. The molecule has 28 heavy (non-hydrogen) atoms. The largest absolute Gasteiger partial charge is 0.433 e. The molecule has 1 aromatic carbocycles. The van der Waals surface area contributed by atoms with Crippen molar-refractivity contribution in [3.63, 3.8) is 0 Å². The third-order valence-electron chi connectivity index (χ3n) is 6.04. The van der Waals surface area contributed by atoms with E-state index < -0.39 is 11.9 Å². The summed E-state index contributed by atoms with van der Waals surface area (Å²) in [5, 5.41) is 0. The van der Waals surface area contributed by atoms with E-state index in [-0.39, 0.29) is 17.3 Å². The number of fused-ring (bicyclic) bond motifs is 2. The van der Waals surface area contributed by atoms with Crippen molar-refractivity contribution in [3.05, 3.63) is 65.5 Å². The predicted octanol–water partition coefficient (Wildman–Crippen LogP) is 5.12. The van der Waals surface area contributed by atoms with Crippen LogP contribution in [0.15, 0.2) is 48.7 Å². The van der Waals surface area contributed by atoms with Gasteiger partial charge in [-0.1, -0.05) is 36.8 Å². The zero-order chi connectivity index (χ0) is 19.7. The molecule has 0 spiro atoms. The molecule has 0 saturated carbocycles. The van der Waals surface area contributed by atoms with E-state index in [1.807, 2.05) is 18.2 Å². The lowest BCUT2D eigenvalue weighted by molar-refractivity contribution is -0.141. The summed E-state index contributed by atoms with van der Waals surface area (Å²) in [5.41, 5.74) is 0.599. The monoisotopic (exact) mass is 388 g/mol. The van der Waals surface area contributed by atoms with Gasteiger partial charge in [0.05, 0.1) is 0 Å². The maximum Gasteiger partial charge on any atom is 0.433 e. The van der Waals surface area contributed by atoms with Crippen molar-refractivity contribution in [2.24, 2.45) is 5.92 Å². The van der Waals surface area contributed by atoms with Crippen LogP contribution in [0.3, 0.4) is 0 Å². The second-order valence-electron chi connectivity index (χ2n) is 7.86. The van der Waals surface area contributed by atoms with Crippen LogP contribution in [0.25, 0.3) is 0 Å². The smallest absolute Gasteiger partial charge is 0.294 e. The van der Waals surface area contributed by atoms with Crippen LogP contribution in [-0.2, 0) is 12.7 Å². The summed E-state index contributed by atoms with van der Waals surface area (Å²) in [6.07, 6.45) is 1.44. The maximum atomic E-state index is 12.9. The summed E-state index contributed by atoms with van der Waals surface area (Å²) in [6, 6.07) is 13.2. The van der Waals surface area contributed by atoms with Gasteiger partial charge in [0.25, 0.3) is 0 Å². The number of ketones is 1. The van der Waals surface area contributed by atoms with Gasteiger partial charge in [0.15, 0.2) is 5.78 Å². The number of benzene rings is 1. The molecule has 6 heteroatoms. The van der Waals surface area contributed by atoms with Crippen LogP contribution in [0.4, 0.5) is 13.2 Å². The fourth-order valence-electron chi connectivity index (χ4n) is 4.69. The molecule has 4 rings (SSSR count). The van der Waals surface area contributed by atoms with E-state index in [1.165, 1.54) is 18.1 Å². The van der Waals surface area contributed by atoms with Crippen LogP contribution in [0.2, 0.25) is 0 Å². The highest BCUT2D eigenvalue weighted by atomic mass is 19.4. The van der Waals surface area contributed by atoms with Gasteiger partial charge in [-0.2, -0.15) is 13.2 Å². The number of pyridine rings is 1. The van der Waals surface area contributed by atoms with Gasteiger partial charge in [0, 0.05) is 36.3 Å². The third kappa shape index (κ3) is 3.97. The van der Waals surface area contributed by atoms with E-state index in [9.17, 15) is 18.0 Å². The first kappa shape index (κ1) is 19.1. The quantitative estimate of drug-likeness (QED) is 0.682. The number of piperidine rings is 2. The Balaban J connectivity index is 1.47. The van der Waals surface area contributed by atoms with Crippen molar-refractivity contribution < 1.29 is 18.0 Å². The van der Waals surface area contributed by atoms with Gasteiger partial charge in [-0.15, -0.1) is 0 Å². The van der Waals surface area contributed by atoms with E-state index >= 15 is 0 Å². The van der Waals surface area contributed by atoms with Crippen LogP contribution in [-0.4, -0.2) is 27.8 Å². The van der Waals surface area contributed by atoms with E-state index in [0.717, 1.165) is 44.5 Å². The third-order valence-corrected chi connectivity index (χ3v) is 6.04. The Bertz CT molecular complexity index is 806. The molecule has 0 amide bonds. The van der Waals surface area contributed by atoms with Gasteiger partial charge in [0.2, 0.25) is 0 Å². The molecule has 0 N–H and O–H groups in total.